The molecule has 0 aliphatic rings. The first-order chi connectivity index (χ1) is 8.09. The van der Waals surface area contributed by atoms with E-state index in [4.69, 9.17) is 10.5 Å². The first-order valence-corrected chi connectivity index (χ1v) is 5.24. The van der Waals surface area contributed by atoms with Gasteiger partial charge in [0.05, 0.1) is 0 Å². The number of carbonyl (C=O) groups excluding carboxylic acids is 1. The minimum atomic E-state index is -0.431. The van der Waals surface area contributed by atoms with E-state index >= 15 is 0 Å². The maximum absolute atomic E-state index is 11.5. The zero-order valence-electron chi connectivity index (χ0n) is 9.57. The number of nitrogens with two attached hydrogens (primary N) is 1. The van der Waals surface area contributed by atoms with Crippen molar-refractivity contribution in [3.8, 4) is 5.75 Å². The van der Waals surface area contributed by atoms with E-state index in [-0.39, 0.29) is 0 Å². The Morgan fingerprint density at radius 1 is 1.18 bits per heavy atom. The number of esters is 1. The van der Waals surface area contributed by atoms with Crippen LogP contribution in [0, 0.1) is 0 Å². The molecule has 2 rings (SSSR count). The summed E-state index contributed by atoms with van der Waals surface area (Å²) in [6, 6.07) is 10.9. The van der Waals surface area contributed by atoms with Crippen molar-refractivity contribution in [2.45, 2.75) is 6.92 Å². The van der Waals surface area contributed by atoms with Gasteiger partial charge in [0.15, 0.2) is 0 Å². The Labute approximate surface area is 99.5 Å². The summed E-state index contributed by atoms with van der Waals surface area (Å²) in [4.78, 5) is 11.5. The number of fused-ring (bicyclic) bond motifs is 1. The van der Waals surface area contributed by atoms with Crippen molar-refractivity contribution >= 4 is 22.4 Å². The van der Waals surface area contributed by atoms with Crippen LogP contribution in [-0.2, 0) is 4.79 Å². The van der Waals surface area contributed by atoms with E-state index in [9.17, 15) is 4.79 Å². The lowest BCUT2D eigenvalue weighted by molar-refractivity contribution is -0.129. The minimum absolute atomic E-state index is 0.367. The summed E-state index contributed by atoms with van der Waals surface area (Å²) in [7, 11) is 0. The molecule has 2 N–H and O–H groups in total. The molecule has 17 heavy (non-hydrogen) atoms. The maximum atomic E-state index is 11.5. The van der Waals surface area contributed by atoms with Gasteiger partial charge in [-0.25, -0.2) is 4.79 Å². The molecule has 0 amide bonds. The molecule has 0 spiro atoms. The average molecular weight is 227 g/mol. The topological polar surface area (TPSA) is 52.3 Å². The van der Waals surface area contributed by atoms with Crippen LogP contribution in [-0.4, -0.2) is 5.97 Å². The highest BCUT2D eigenvalue weighted by Crippen LogP contribution is 2.30. The molecular weight excluding hydrogens is 214 g/mol. The molecule has 0 aromatic heterocycles. The summed E-state index contributed by atoms with van der Waals surface area (Å²) in [6.45, 7) is 5.16. The summed E-state index contributed by atoms with van der Waals surface area (Å²) < 4.78 is 5.25. The summed E-state index contributed by atoms with van der Waals surface area (Å²) in [5, 5.41) is 1.70. The lowest BCUT2D eigenvalue weighted by atomic mass is 10.1. The van der Waals surface area contributed by atoms with Gasteiger partial charge in [-0.05, 0) is 19.1 Å². The molecule has 3 nitrogen and oxygen atoms in total. The zero-order valence-corrected chi connectivity index (χ0v) is 9.57. The van der Waals surface area contributed by atoms with Gasteiger partial charge in [0.25, 0.3) is 0 Å². The quantitative estimate of drug-likeness (QED) is 0.371. The molecule has 0 unspecified atom stereocenters. The van der Waals surface area contributed by atoms with E-state index in [1.54, 1.807) is 19.1 Å². The molecule has 0 heterocycles. The molecule has 2 aromatic rings. The second kappa shape index (κ2) is 4.29. The highest BCUT2D eigenvalue weighted by Gasteiger charge is 2.09. The second-order valence-electron chi connectivity index (χ2n) is 3.87. The highest BCUT2D eigenvalue weighted by atomic mass is 16.5. The van der Waals surface area contributed by atoms with Crippen molar-refractivity contribution in [1.82, 2.24) is 0 Å². The van der Waals surface area contributed by atoms with Crippen LogP contribution in [0.4, 0.5) is 5.69 Å². The molecular formula is C14H13NO2. The van der Waals surface area contributed by atoms with Crippen LogP contribution in [0.3, 0.4) is 0 Å². The summed E-state index contributed by atoms with van der Waals surface area (Å²) >= 11 is 0. The number of hydrogen-bond donors (Lipinski definition) is 1. The zero-order chi connectivity index (χ0) is 12.4. The summed E-state index contributed by atoms with van der Waals surface area (Å²) in [5.74, 6) is 0.0720. The molecule has 0 saturated heterocycles. The fraction of sp³-hybridized carbons (Fsp3) is 0.0714. The largest absolute Gasteiger partial charge is 0.423 e. The van der Waals surface area contributed by atoms with Crippen LogP contribution in [0.1, 0.15) is 6.92 Å². The Kier molecular flexibility index (Phi) is 2.83. The SMILES string of the molecule is C=C(C)C(=O)Oc1ccc(N)c2ccccc12. The number of carbonyl (C=O) groups is 1. The van der Waals surface area contributed by atoms with E-state index in [0.29, 0.717) is 17.0 Å². The van der Waals surface area contributed by atoms with Crippen LogP contribution >= 0.6 is 0 Å². The molecule has 0 atom stereocenters. The number of nitrogen functional groups attached to an aromatic ring is 1. The number of benzene rings is 2. The van der Waals surface area contributed by atoms with Crippen molar-refractivity contribution in [2.75, 3.05) is 5.73 Å². The van der Waals surface area contributed by atoms with Gasteiger partial charge in [-0.2, -0.15) is 0 Å². The van der Waals surface area contributed by atoms with Crippen molar-refractivity contribution in [3.63, 3.8) is 0 Å². The lowest BCUT2D eigenvalue weighted by Crippen LogP contribution is -2.08. The third kappa shape index (κ3) is 2.13. The van der Waals surface area contributed by atoms with Gasteiger partial charge in [-0.1, -0.05) is 30.8 Å². The molecule has 0 saturated carbocycles. The Morgan fingerprint density at radius 3 is 2.47 bits per heavy atom. The van der Waals surface area contributed by atoms with Crippen molar-refractivity contribution in [1.29, 1.82) is 0 Å². The summed E-state index contributed by atoms with van der Waals surface area (Å²) in [5.41, 5.74) is 6.89. The number of rotatable bonds is 2. The third-order valence-corrected chi connectivity index (χ3v) is 2.47. The first kappa shape index (κ1) is 11.2. The van der Waals surface area contributed by atoms with E-state index in [1.165, 1.54) is 0 Å². The lowest BCUT2D eigenvalue weighted by Gasteiger charge is -2.09. The molecule has 0 aliphatic heterocycles. The van der Waals surface area contributed by atoms with Gasteiger partial charge >= 0.3 is 5.97 Å². The Morgan fingerprint density at radius 2 is 1.82 bits per heavy atom. The third-order valence-electron chi connectivity index (χ3n) is 2.47. The average Bonchev–Trinajstić information content (AvgIpc) is 2.33. The molecule has 2 aromatic carbocycles. The van der Waals surface area contributed by atoms with Crippen LogP contribution < -0.4 is 10.5 Å². The van der Waals surface area contributed by atoms with Crippen molar-refractivity contribution in [2.24, 2.45) is 0 Å². The van der Waals surface area contributed by atoms with Gasteiger partial charge in [-0.3, -0.25) is 0 Å². The molecule has 0 fully saturated rings. The van der Waals surface area contributed by atoms with E-state index < -0.39 is 5.97 Å². The highest BCUT2D eigenvalue weighted by molar-refractivity contribution is 5.99. The fourth-order valence-electron chi connectivity index (χ4n) is 1.57. The Balaban J connectivity index is 2.52. The first-order valence-electron chi connectivity index (χ1n) is 5.24. The van der Waals surface area contributed by atoms with Gasteiger partial charge in [0, 0.05) is 22.0 Å². The monoisotopic (exact) mass is 227 g/mol. The Bertz CT molecular complexity index is 602. The standard InChI is InChI=1S/C14H13NO2/c1-9(2)14(16)17-13-8-7-12(15)10-5-3-4-6-11(10)13/h3-8H,1,15H2,2H3. The van der Waals surface area contributed by atoms with Gasteiger partial charge < -0.3 is 10.5 Å². The summed E-state index contributed by atoms with van der Waals surface area (Å²) in [6.07, 6.45) is 0. The van der Waals surface area contributed by atoms with Crippen molar-refractivity contribution < 1.29 is 9.53 Å². The van der Waals surface area contributed by atoms with Crippen molar-refractivity contribution in [3.05, 3.63) is 48.6 Å². The number of hydrogen-bond acceptors (Lipinski definition) is 3. The van der Waals surface area contributed by atoms with E-state index in [2.05, 4.69) is 6.58 Å². The number of anilines is 1. The van der Waals surface area contributed by atoms with Gasteiger partial charge in [-0.15, -0.1) is 0 Å². The number of ether oxygens (including phenoxy) is 1. The van der Waals surface area contributed by atoms with Crippen LogP contribution in [0.5, 0.6) is 5.75 Å². The molecule has 86 valence electrons. The second-order valence-corrected chi connectivity index (χ2v) is 3.87. The normalized spacial score (nSPS) is 10.2. The van der Waals surface area contributed by atoms with Crippen LogP contribution in [0.25, 0.3) is 10.8 Å². The molecule has 3 heteroatoms. The van der Waals surface area contributed by atoms with Gasteiger partial charge in [0.2, 0.25) is 0 Å². The van der Waals surface area contributed by atoms with Crippen LogP contribution in [0.2, 0.25) is 0 Å². The predicted molar refractivity (Wildman–Crippen MR) is 68.8 cm³/mol. The Hall–Kier alpha value is -2.29. The maximum Gasteiger partial charge on any atom is 0.338 e. The minimum Gasteiger partial charge on any atom is -0.423 e. The van der Waals surface area contributed by atoms with Gasteiger partial charge in [0.1, 0.15) is 5.75 Å². The fourth-order valence-corrected chi connectivity index (χ4v) is 1.57. The predicted octanol–water partition coefficient (Wildman–Crippen LogP) is 2.90. The molecule has 0 aliphatic carbocycles. The van der Waals surface area contributed by atoms with E-state index in [1.807, 2.05) is 24.3 Å². The smallest absolute Gasteiger partial charge is 0.338 e. The van der Waals surface area contributed by atoms with Crippen LogP contribution in [0.15, 0.2) is 48.6 Å². The molecule has 0 bridgehead atoms. The van der Waals surface area contributed by atoms with E-state index in [0.717, 1.165) is 10.8 Å². The molecule has 0 radical (unpaired) electrons.